The number of likely N-dealkylation sites (tertiary alicyclic amines) is 1. The molecule has 2 aliphatic rings. The number of rotatable bonds is 7. The number of likely N-dealkylation sites (N-methyl/N-ethyl adjacent to an activating group) is 1. The van der Waals surface area contributed by atoms with Gasteiger partial charge in [-0.1, -0.05) is 0 Å². The van der Waals surface area contributed by atoms with E-state index in [1.54, 1.807) is 29.1 Å². The first-order chi connectivity index (χ1) is 18.3. The van der Waals surface area contributed by atoms with E-state index in [2.05, 4.69) is 20.9 Å². The number of carbonyl (C=O) groups is 3. The van der Waals surface area contributed by atoms with Gasteiger partial charge in [0.2, 0.25) is 5.91 Å². The fourth-order valence-corrected chi connectivity index (χ4v) is 6.07. The number of aromatic nitrogens is 1. The molecular formula is C27H32N6O4S. The molecule has 3 aromatic rings. The maximum absolute atomic E-state index is 13.4. The van der Waals surface area contributed by atoms with Gasteiger partial charge in [0.15, 0.2) is 0 Å². The van der Waals surface area contributed by atoms with E-state index in [4.69, 9.17) is 4.74 Å². The third kappa shape index (κ3) is 4.91. The smallest absolute Gasteiger partial charge is 0.331 e. The summed E-state index contributed by atoms with van der Waals surface area (Å²) in [5, 5.41) is 9.65. The average Bonchev–Trinajstić information content (AvgIpc) is 3.24. The van der Waals surface area contributed by atoms with Crippen LogP contribution in [0.25, 0.3) is 10.2 Å². The number of pyridine rings is 1. The van der Waals surface area contributed by atoms with Crippen molar-refractivity contribution in [1.29, 1.82) is 0 Å². The highest BCUT2D eigenvalue weighted by atomic mass is 32.1. The van der Waals surface area contributed by atoms with Gasteiger partial charge in [-0.15, -0.1) is 11.3 Å². The van der Waals surface area contributed by atoms with E-state index in [1.807, 2.05) is 39.0 Å². The van der Waals surface area contributed by atoms with Crippen molar-refractivity contribution in [3.05, 3.63) is 40.9 Å². The molecule has 5 rings (SSSR count). The van der Waals surface area contributed by atoms with Crippen molar-refractivity contribution in [2.24, 2.45) is 0 Å². The number of nitrogens with zero attached hydrogens (tertiary/aromatic N) is 3. The molecule has 10 nitrogen and oxygen atoms in total. The van der Waals surface area contributed by atoms with Gasteiger partial charge in [-0.2, -0.15) is 0 Å². The van der Waals surface area contributed by atoms with Crippen LogP contribution in [-0.4, -0.2) is 66.6 Å². The van der Waals surface area contributed by atoms with Crippen LogP contribution in [0.1, 0.15) is 41.9 Å². The van der Waals surface area contributed by atoms with E-state index < -0.39 is 0 Å². The van der Waals surface area contributed by atoms with Gasteiger partial charge >= 0.3 is 6.03 Å². The zero-order chi connectivity index (χ0) is 27.0. The minimum Gasteiger partial charge on any atom is -0.491 e. The molecule has 1 fully saturated rings. The van der Waals surface area contributed by atoms with Gasteiger partial charge in [0.25, 0.3) is 5.91 Å². The lowest BCUT2D eigenvalue weighted by molar-refractivity contribution is -0.131. The first-order valence-electron chi connectivity index (χ1n) is 12.8. The Labute approximate surface area is 225 Å². The van der Waals surface area contributed by atoms with Crippen LogP contribution in [0.3, 0.4) is 0 Å². The number of nitrogens with one attached hydrogen (secondary N) is 3. The molecule has 0 aliphatic carbocycles. The lowest BCUT2D eigenvalue weighted by Gasteiger charge is -2.33. The predicted molar refractivity (Wildman–Crippen MR) is 149 cm³/mol. The van der Waals surface area contributed by atoms with Gasteiger partial charge in [-0.05, 0) is 70.5 Å². The summed E-state index contributed by atoms with van der Waals surface area (Å²) in [4.78, 5) is 48.1. The largest absolute Gasteiger partial charge is 0.491 e. The van der Waals surface area contributed by atoms with Crippen molar-refractivity contribution < 1.29 is 19.1 Å². The lowest BCUT2D eigenvalue weighted by atomic mass is 10.1. The molecule has 1 aromatic carbocycles. The highest BCUT2D eigenvalue weighted by Crippen LogP contribution is 2.46. The van der Waals surface area contributed by atoms with E-state index in [9.17, 15) is 14.4 Å². The van der Waals surface area contributed by atoms with Crippen LogP contribution in [0, 0.1) is 6.92 Å². The van der Waals surface area contributed by atoms with Gasteiger partial charge in [0, 0.05) is 25.3 Å². The highest BCUT2D eigenvalue weighted by molar-refractivity contribution is 7.21. The van der Waals surface area contributed by atoms with Crippen LogP contribution in [0.2, 0.25) is 0 Å². The third-order valence-corrected chi connectivity index (χ3v) is 7.77. The molecule has 0 saturated carbocycles. The number of ether oxygens (including phenoxy) is 1. The Bertz CT molecular complexity index is 1400. The number of amides is 4. The van der Waals surface area contributed by atoms with E-state index >= 15 is 0 Å². The second-order valence-electron chi connectivity index (χ2n) is 9.88. The summed E-state index contributed by atoms with van der Waals surface area (Å²) in [5.74, 6) is 0.480. The Hall–Kier alpha value is -3.70. The monoisotopic (exact) mass is 536 g/mol. The van der Waals surface area contributed by atoms with E-state index in [-0.39, 0.29) is 36.5 Å². The molecule has 2 aliphatic heterocycles. The molecule has 2 aromatic heterocycles. The van der Waals surface area contributed by atoms with Crippen molar-refractivity contribution in [1.82, 2.24) is 20.5 Å². The minimum absolute atomic E-state index is 0.0173. The van der Waals surface area contributed by atoms with Gasteiger partial charge in [-0.3, -0.25) is 14.5 Å². The Kier molecular flexibility index (Phi) is 7.22. The standard InChI is InChI=1S/C27H32N6O4S/c1-15(2)37-18-7-8-19(16(3)12-18)33-20-9-10-29-26-22(20)23(31-27(33)36)24(38-26)25(35)30-17-6-5-11-32(14-17)21(34)13-28-4/h7-10,12,15,17,28H,5-6,11,13-14H2,1-4H3,(H,30,35)(H,31,36). The van der Waals surface area contributed by atoms with Crippen molar-refractivity contribution in [2.45, 2.75) is 45.8 Å². The van der Waals surface area contributed by atoms with Crippen LogP contribution < -0.4 is 25.6 Å². The SMILES string of the molecule is CNCC(=O)N1CCCC(NC(=O)c2sc3nccc4c3c2NC(=O)N4c2ccc(OC(C)C)cc2C)C1. The van der Waals surface area contributed by atoms with Gasteiger partial charge in [0.05, 0.1) is 35.1 Å². The Morgan fingerprint density at radius 1 is 1.26 bits per heavy atom. The molecule has 3 N–H and O–H groups in total. The van der Waals surface area contributed by atoms with Crippen molar-refractivity contribution in [3.8, 4) is 5.75 Å². The first-order valence-corrected chi connectivity index (χ1v) is 13.6. The van der Waals surface area contributed by atoms with Crippen molar-refractivity contribution in [3.63, 3.8) is 0 Å². The second-order valence-corrected chi connectivity index (χ2v) is 10.9. The summed E-state index contributed by atoms with van der Waals surface area (Å²) in [6.45, 7) is 7.29. The summed E-state index contributed by atoms with van der Waals surface area (Å²) >= 11 is 1.25. The molecule has 200 valence electrons. The lowest BCUT2D eigenvalue weighted by Crippen LogP contribution is -2.51. The van der Waals surface area contributed by atoms with Gasteiger partial charge in [-0.25, -0.2) is 9.78 Å². The number of aryl methyl sites for hydroxylation is 1. The van der Waals surface area contributed by atoms with Crippen LogP contribution in [0.4, 0.5) is 21.9 Å². The molecular weight excluding hydrogens is 504 g/mol. The molecule has 1 unspecified atom stereocenters. The third-order valence-electron chi connectivity index (χ3n) is 6.67. The number of thiophene rings is 1. The van der Waals surface area contributed by atoms with Crippen LogP contribution in [0.15, 0.2) is 30.5 Å². The molecule has 1 atom stereocenters. The van der Waals surface area contributed by atoms with Crippen LogP contribution >= 0.6 is 11.3 Å². The number of piperidine rings is 1. The number of carbonyl (C=O) groups excluding carboxylic acids is 3. The Morgan fingerprint density at radius 2 is 2.08 bits per heavy atom. The van der Waals surface area contributed by atoms with Crippen molar-refractivity contribution >= 4 is 56.5 Å². The fraction of sp³-hybridized carbons (Fsp3) is 0.407. The van der Waals surface area contributed by atoms with Crippen molar-refractivity contribution in [2.75, 3.05) is 36.9 Å². The topological polar surface area (TPSA) is 116 Å². The molecule has 0 spiro atoms. The molecule has 11 heteroatoms. The Morgan fingerprint density at radius 3 is 2.82 bits per heavy atom. The van der Waals surface area contributed by atoms with Crippen LogP contribution in [-0.2, 0) is 4.79 Å². The number of anilines is 3. The molecule has 0 bridgehead atoms. The molecule has 38 heavy (non-hydrogen) atoms. The van der Waals surface area contributed by atoms with Gasteiger partial charge in [0.1, 0.15) is 15.5 Å². The van der Waals surface area contributed by atoms with E-state index in [1.165, 1.54) is 11.3 Å². The average molecular weight is 537 g/mol. The normalized spacial score (nSPS) is 17.1. The number of benzene rings is 1. The summed E-state index contributed by atoms with van der Waals surface area (Å²) in [6.07, 6.45) is 3.30. The summed E-state index contributed by atoms with van der Waals surface area (Å²) < 4.78 is 5.81. The molecule has 0 radical (unpaired) electrons. The Balaban J connectivity index is 1.43. The molecule has 4 amide bonds. The number of urea groups is 1. The quantitative estimate of drug-likeness (QED) is 0.420. The summed E-state index contributed by atoms with van der Waals surface area (Å²) in [7, 11) is 1.74. The maximum Gasteiger partial charge on any atom is 0.331 e. The maximum atomic E-state index is 13.4. The number of hydrogen-bond donors (Lipinski definition) is 3. The predicted octanol–water partition coefficient (Wildman–Crippen LogP) is 4.02. The fourth-order valence-electron chi connectivity index (χ4n) is 5.04. The van der Waals surface area contributed by atoms with Crippen LogP contribution in [0.5, 0.6) is 5.75 Å². The first kappa shape index (κ1) is 25.9. The summed E-state index contributed by atoms with van der Waals surface area (Å²) in [6, 6.07) is 6.92. The van der Waals surface area contributed by atoms with E-state index in [0.29, 0.717) is 34.2 Å². The second kappa shape index (κ2) is 10.6. The van der Waals surface area contributed by atoms with Gasteiger partial charge < -0.3 is 25.6 Å². The molecule has 1 saturated heterocycles. The highest BCUT2D eigenvalue weighted by Gasteiger charge is 2.34. The molecule has 4 heterocycles. The zero-order valence-corrected chi connectivity index (χ0v) is 22.8. The zero-order valence-electron chi connectivity index (χ0n) is 22.0. The van der Waals surface area contributed by atoms with E-state index in [0.717, 1.165) is 35.2 Å². The minimum atomic E-state index is -0.348. The summed E-state index contributed by atoms with van der Waals surface area (Å²) in [5.41, 5.74) is 2.76. The number of hydrogen-bond acceptors (Lipinski definition) is 7.